The minimum absolute atomic E-state index is 0.102. The molecule has 0 saturated heterocycles. The van der Waals surface area contributed by atoms with Crippen LogP contribution in [0.4, 0.5) is 0 Å². The molecule has 5 heteroatoms. The molecule has 122 valence electrons. The first-order valence-electron chi connectivity index (χ1n) is 7.88. The standard InChI is InChI=1S/C18H21NO3S/c20-23(21,12-10-15-5-2-1-3-6-15)19-14-16-8-9-18-17(13-16)7-4-11-22-18/h1-3,5-6,8-9,13,19H,4,7,10-12,14H2. The van der Waals surface area contributed by atoms with Crippen LogP contribution in [0.3, 0.4) is 0 Å². The van der Waals surface area contributed by atoms with Gasteiger partial charge >= 0.3 is 0 Å². The van der Waals surface area contributed by atoms with E-state index in [1.807, 2.05) is 48.5 Å². The summed E-state index contributed by atoms with van der Waals surface area (Å²) in [4.78, 5) is 0. The van der Waals surface area contributed by atoms with Crippen molar-refractivity contribution in [2.45, 2.75) is 25.8 Å². The molecule has 1 N–H and O–H groups in total. The van der Waals surface area contributed by atoms with Crippen molar-refractivity contribution in [1.29, 1.82) is 0 Å². The topological polar surface area (TPSA) is 55.4 Å². The average Bonchev–Trinajstić information content (AvgIpc) is 2.59. The zero-order chi connectivity index (χ0) is 16.1. The Morgan fingerprint density at radius 1 is 1.04 bits per heavy atom. The molecule has 1 aliphatic heterocycles. The third-order valence-electron chi connectivity index (χ3n) is 3.97. The van der Waals surface area contributed by atoms with Gasteiger partial charge in [0.2, 0.25) is 10.0 Å². The van der Waals surface area contributed by atoms with E-state index in [-0.39, 0.29) is 5.75 Å². The van der Waals surface area contributed by atoms with Crippen molar-refractivity contribution >= 4 is 10.0 Å². The van der Waals surface area contributed by atoms with Crippen LogP contribution in [0, 0.1) is 0 Å². The predicted octanol–water partition coefficient (Wildman–Crippen LogP) is 2.67. The van der Waals surface area contributed by atoms with Crippen LogP contribution in [0.2, 0.25) is 0 Å². The number of benzene rings is 2. The lowest BCUT2D eigenvalue weighted by atomic mass is 10.0. The Labute approximate surface area is 137 Å². The summed E-state index contributed by atoms with van der Waals surface area (Å²) < 4.78 is 32.5. The van der Waals surface area contributed by atoms with Crippen molar-refractivity contribution in [3.8, 4) is 5.75 Å². The van der Waals surface area contributed by atoms with E-state index in [2.05, 4.69) is 4.72 Å². The van der Waals surface area contributed by atoms with E-state index in [1.54, 1.807) is 0 Å². The molecule has 0 bridgehead atoms. The van der Waals surface area contributed by atoms with Gasteiger partial charge in [0.05, 0.1) is 12.4 Å². The lowest BCUT2D eigenvalue weighted by Crippen LogP contribution is -2.27. The molecule has 2 aromatic rings. The second-order valence-corrected chi connectivity index (χ2v) is 7.70. The quantitative estimate of drug-likeness (QED) is 0.885. The van der Waals surface area contributed by atoms with Crippen LogP contribution in [-0.4, -0.2) is 20.8 Å². The molecule has 0 saturated carbocycles. The highest BCUT2D eigenvalue weighted by Gasteiger charge is 2.13. The SMILES string of the molecule is O=S(=O)(CCc1ccccc1)NCc1ccc2c(c1)CCCO2. The molecule has 0 aliphatic carbocycles. The van der Waals surface area contributed by atoms with E-state index < -0.39 is 10.0 Å². The zero-order valence-electron chi connectivity index (χ0n) is 13.0. The molecule has 0 radical (unpaired) electrons. The van der Waals surface area contributed by atoms with E-state index in [4.69, 9.17) is 4.74 Å². The molecule has 0 amide bonds. The molecule has 1 aliphatic rings. The first-order valence-corrected chi connectivity index (χ1v) is 9.53. The van der Waals surface area contributed by atoms with Gasteiger partial charge in [0.1, 0.15) is 5.75 Å². The van der Waals surface area contributed by atoms with Crippen LogP contribution >= 0.6 is 0 Å². The highest BCUT2D eigenvalue weighted by atomic mass is 32.2. The number of nitrogens with one attached hydrogen (secondary N) is 1. The van der Waals surface area contributed by atoms with E-state index in [0.29, 0.717) is 13.0 Å². The number of aryl methyl sites for hydroxylation is 2. The lowest BCUT2D eigenvalue weighted by molar-refractivity contribution is 0.288. The van der Waals surface area contributed by atoms with Crippen molar-refractivity contribution in [1.82, 2.24) is 4.72 Å². The normalized spacial score (nSPS) is 14.1. The van der Waals surface area contributed by atoms with Crippen molar-refractivity contribution in [2.24, 2.45) is 0 Å². The summed E-state index contributed by atoms with van der Waals surface area (Å²) in [5, 5.41) is 0. The molecule has 3 rings (SSSR count). The number of sulfonamides is 1. The van der Waals surface area contributed by atoms with Crippen LogP contribution in [0.25, 0.3) is 0 Å². The van der Waals surface area contributed by atoms with Crippen LogP contribution in [-0.2, 0) is 29.4 Å². The zero-order valence-corrected chi connectivity index (χ0v) is 13.8. The number of hydrogen-bond acceptors (Lipinski definition) is 3. The number of hydrogen-bond donors (Lipinski definition) is 1. The fourth-order valence-corrected chi connectivity index (χ4v) is 3.72. The second-order valence-electron chi connectivity index (χ2n) is 5.77. The first-order chi connectivity index (χ1) is 11.1. The maximum atomic E-state index is 12.1. The van der Waals surface area contributed by atoms with Gasteiger partial charge in [-0.1, -0.05) is 42.5 Å². The Hall–Kier alpha value is -1.85. The summed E-state index contributed by atoms with van der Waals surface area (Å²) >= 11 is 0. The smallest absolute Gasteiger partial charge is 0.212 e. The molecule has 0 unspecified atom stereocenters. The Morgan fingerprint density at radius 2 is 1.87 bits per heavy atom. The van der Waals surface area contributed by atoms with E-state index >= 15 is 0 Å². The first kappa shape index (κ1) is 16.0. The summed E-state index contributed by atoms with van der Waals surface area (Å²) in [7, 11) is -3.28. The predicted molar refractivity (Wildman–Crippen MR) is 91.0 cm³/mol. The van der Waals surface area contributed by atoms with Gasteiger partial charge in [-0.05, 0) is 42.0 Å². The highest BCUT2D eigenvalue weighted by Crippen LogP contribution is 2.25. The van der Waals surface area contributed by atoms with Gasteiger partial charge in [-0.25, -0.2) is 13.1 Å². The third kappa shape index (κ3) is 4.56. The highest BCUT2D eigenvalue weighted by molar-refractivity contribution is 7.89. The van der Waals surface area contributed by atoms with Gasteiger partial charge in [0.25, 0.3) is 0 Å². The maximum Gasteiger partial charge on any atom is 0.212 e. The summed E-state index contributed by atoms with van der Waals surface area (Å²) in [6, 6.07) is 15.5. The molecular weight excluding hydrogens is 310 g/mol. The fraction of sp³-hybridized carbons (Fsp3) is 0.333. The molecule has 0 atom stereocenters. The van der Waals surface area contributed by atoms with Crippen LogP contribution in [0.1, 0.15) is 23.1 Å². The molecule has 4 nitrogen and oxygen atoms in total. The van der Waals surface area contributed by atoms with Gasteiger partial charge in [-0.2, -0.15) is 0 Å². The minimum atomic E-state index is -3.28. The maximum absolute atomic E-state index is 12.1. The Balaban J connectivity index is 1.56. The summed E-state index contributed by atoms with van der Waals surface area (Å²) in [6.45, 7) is 1.09. The van der Waals surface area contributed by atoms with Gasteiger partial charge < -0.3 is 4.74 Å². The summed E-state index contributed by atoms with van der Waals surface area (Å²) in [5.41, 5.74) is 3.17. The van der Waals surface area contributed by atoms with Crippen molar-refractivity contribution in [3.63, 3.8) is 0 Å². The Bertz CT molecular complexity index is 757. The van der Waals surface area contributed by atoms with Crippen LogP contribution in [0.5, 0.6) is 5.75 Å². The fourth-order valence-electron chi connectivity index (χ4n) is 2.69. The molecule has 1 heterocycles. The molecule has 2 aromatic carbocycles. The summed E-state index contributed by atoms with van der Waals surface area (Å²) in [6.07, 6.45) is 2.53. The van der Waals surface area contributed by atoms with E-state index in [9.17, 15) is 8.42 Å². The number of fused-ring (bicyclic) bond motifs is 1. The molecule has 23 heavy (non-hydrogen) atoms. The van der Waals surface area contributed by atoms with Gasteiger partial charge in [0.15, 0.2) is 0 Å². The minimum Gasteiger partial charge on any atom is -0.493 e. The Morgan fingerprint density at radius 3 is 2.70 bits per heavy atom. The lowest BCUT2D eigenvalue weighted by Gasteiger charge is -2.18. The second kappa shape index (κ2) is 7.15. The molecule has 0 fully saturated rings. The average molecular weight is 331 g/mol. The van der Waals surface area contributed by atoms with E-state index in [1.165, 1.54) is 0 Å². The van der Waals surface area contributed by atoms with Crippen molar-refractivity contribution in [3.05, 3.63) is 65.2 Å². The third-order valence-corrected chi connectivity index (χ3v) is 5.30. The monoisotopic (exact) mass is 331 g/mol. The van der Waals surface area contributed by atoms with Crippen molar-refractivity contribution in [2.75, 3.05) is 12.4 Å². The van der Waals surface area contributed by atoms with Gasteiger partial charge in [-0.3, -0.25) is 0 Å². The largest absolute Gasteiger partial charge is 0.493 e. The van der Waals surface area contributed by atoms with Gasteiger partial charge in [0, 0.05) is 6.54 Å². The summed E-state index contributed by atoms with van der Waals surface area (Å²) in [5.74, 6) is 1.03. The Kier molecular flexibility index (Phi) is 4.98. The number of rotatable bonds is 6. The molecular formula is C18H21NO3S. The van der Waals surface area contributed by atoms with Crippen LogP contribution < -0.4 is 9.46 Å². The van der Waals surface area contributed by atoms with Crippen molar-refractivity contribution < 1.29 is 13.2 Å². The van der Waals surface area contributed by atoms with Crippen LogP contribution in [0.15, 0.2) is 48.5 Å². The van der Waals surface area contributed by atoms with Gasteiger partial charge in [-0.15, -0.1) is 0 Å². The molecule has 0 spiro atoms. The molecule has 0 aromatic heterocycles. The number of ether oxygens (including phenoxy) is 1. The van der Waals surface area contributed by atoms with E-state index in [0.717, 1.165) is 41.9 Å².